The molecule has 1 aliphatic heterocycles. The summed E-state index contributed by atoms with van der Waals surface area (Å²) in [5.74, 6) is 0.661. The number of fused-ring (bicyclic) bond motifs is 1. The average molecular weight is 352 g/mol. The Morgan fingerprint density at radius 3 is 3.00 bits per heavy atom. The lowest BCUT2D eigenvalue weighted by Gasteiger charge is -2.17. The molecule has 3 heterocycles. The van der Waals surface area contributed by atoms with Gasteiger partial charge in [-0.1, -0.05) is 13.0 Å². The molecule has 26 heavy (non-hydrogen) atoms. The Hall–Kier alpha value is -2.76. The highest BCUT2D eigenvalue weighted by Gasteiger charge is 2.31. The van der Waals surface area contributed by atoms with Crippen molar-refractivity contribution in [3.63, 3.8) is 0 Å². The number of hydrogen-bond donors (Lipinski definition) is 0. The van der Waals surface area contributed by atoms with Crippen LogP contribution in [0.2, 0.25) is 0 Å². The molecule has 0 unspecified atom stereocenters. The molecule has 4 rings (SSSR count). The second-order valence-electron chi connectivity index (χ2n) is 6.71. The average Bonchev–Trinajstić information content (AvgIpc) is 3.27. The van der Waals surface area contributed by atoms with E-state index in [2.05, 4.69) is 16.5 Å². The summed E-state index contributed by atoms with van der Waals surface area (Å²) in [5, 5.41) is 0. The number of halogens is 1. The number of imidazole rings is 1. The Morgan fingerprint density at radius 2 is 2.19 bits per heavy atom. The highest BCUT2D eigenvalue weighted by molar-refractivity contribution is 5.94. The Morgan fingerprint density at radius 1 is 1.31 bits per heavy atom. The molecule has 134 valence electrons. The standard InChI is InChI=1S/C20H21FN4O/c1-2-10-25-18(23-17-7-4-9-22-19(17)25)15-8-11-24(13-15)20(26)14-5-3-6-16(21)12-14/h3-7,9,12,15H,2,8,10-11,13H2,1H3/t15-/m0/s1. The van der Waals surface area contributed by atoms with Crippen molar-refractivity contribution in [3.05, 3.63) is 59.8 Å². The van der Waals surface area contributed by atoms with Crippen molar-refractivity contribution in [3.8, 4) is 0 Å². The van der Waals surface area contributed by atoms with E-state index in [0.717, 1.165) is 36.4 Å². The van der Waals surface area contributed by atoms with Gasteiger partial charge in [0.2, 0.25) is 0 Å². The minimum absolute atomic E-state index is 0.122. The summed E-state index contributed by atoms with van der Waals surface area (Å²) in [6.07, 6.45) is 3.64. The third-order valence-electron chi connectivity index (χ3n) is 4.89. The van der Waals surface area contributed by atoms with Crippen LogP contribution in [0.25, 0.3) is 11.2 Å². The minimum Gasteiger partial charge on any atom is -0.338 e. The first-order chi connectivity index (χ1) is 12.7. The molecule has 2 aromatic heterocycles. The summed E-state index contributed by atoms with van der Waals surface area (Å²) >= 11 is 0. The number of benzene rings is 1. The van der Waals surface area contributed by atoms with Crippen LogP contribution in [0.1, 0.15) is 41.9 Å². The lowest BCUT2D eigenvalue weighted by molar-refractivity contribution is 0.0790. The number of rotatable bonds is 4. The molecule has 1 aromatic carbocycles. The van der Waals surface area contributed by atoms with Crippen LogP contribution in [0, 0.1) is 5.82 Å². The van der Waals surface area contributed by atoms with E-state index in [1.165, 1.54) is 12.1 Å². The number of carbonyl (C=O) groups excluding carboxylic acids is 1. The minimum atomic E-state index is -0.387. The van der Waals surface area contributed by atoms with E-state index < -0.39 is 0 Å². The van der Waals surface area contributed by atoms with Gasteiger partial charge in [0.25, 0.3) is 5.91 Å². The van der Waals surface area contributed by atoms with Crippen LogP contribution in [-0.4, -0.2) is 38.4 Å². The maximum absolute atomic E-state index is 13.4. The highest BCUT2D eigenvalue weighted by Crippen LogP contribution is 2.30. The van der Waals surface area contributed by atoms with Crippen LogP contribution >= 0.6 is 0 Å². The van der Waals surface area contributed by atoms with Crippen LogP contribution in [0.5, 0.6) is 0 Å². The largest absolute Gasteiger partial charge is 0.338 e. The predicted molar refractivity (Wildman–Crippen MR) is 97.5 cm³/mol. The molecule has 0 N–H and O–H groups in total. The van der Waals surface area contributed by atoms with Gasteiger partial charge in [0.05, 0.1) is 0 Å². The fraction of sp³-hybridized carbons (Fsp3) is 0.350. The smallest absolute Gasteiger partial charge is 0.253 e. The van der Waals surface area contributed by atoms with Crippen LogP contribution in [0.3, 0.4) is 0 Å². The maximum Gasteiger partial charge on any atom is 0.253 e. The third kappa shape index (κ3) is 2.96. The summed E-state index contributed by atoms with van der Waals surface area (Å²) in [5.41, 5.74) is 2.19. The quantitative estimate of drug-likeness (QED) is 0.721. The van der Waals surface area contributed by atoms with Crippen molar-refractivity contribution in [2.24, 2.45) is 0 Å². The van der Waals surface area contributed by atoms with Crippen molar-refractivity contribution in [2.45, 2.75) is 32.2 Å². The van der Waals surface area contributed by atoms with Crippen LogP contribution in [0.15, 0.2) is 42.6 Å². The molecule has 0 aliphatic carbocycles. The molecular weight excluding hydrogens is 331 g/mol. The Bertz CT molecular complexity index is 952. The second-order valence-corrected chi connectivity index (χ2v) is 6.71. The van der Waals surface area contributed by atoms with Crippen molar-refractivity contribution < 1.29 is 9.18 Å². The summed E-state index contributed by atoms with van der Waals surface area (Å²) < 4.78 is 15.6. The zero-order chi connectivity index (χ0) is 18.1. The van der Waals surface area contributed by atoms with Crippen molar-refractivity contribution in [1.29, 1.82) is 0 Å². The van der Waals surface area contributed by atoms with Crippen LogP contribution in [0.4, 0.5) is 4.39 Å². The van der Waals surface area contributed by atoms with Crippen molar-refractivity contribution in [2.75, 3.05) is 13.1 Å². The first-order valence-electron chi connectivity index (χ1n) is 9.03. The number of pyridine rings is 1. The molecule has 1 saturated heterocycles. The lowest BCUT2D eigenvalue weighted by atomic mass is 10.1. The van der Waals surface area contributed by atoms with E-state index in [9.17, 15) is 9.18 Å². The van der Waals surface area contributed by atoms with Gasteiger partial charge < -0.3 is 9.47 Å². The van der Waals surface area contributed by atoms with Gasteiger partial charge in [-0.05, 0) is 43.2 Å². The normalized spacial score (nSPS) is 17.2. The van der Waals surface area contributed by atoms with Gasteiger partial charge in [-0.3, -0.25) is 4.79 Å². The molecule has 1 atom stereocenters. The summed E-state index contributed by atoms with van der Waals surface area (Å²) in [7, 11) is 0. The molecule has 0 spiro atoms. The molecule has 3 aromatic rings. The van der Waals surface area contributed by atoms with E-state index in [1.54, 1.807) is 23.2 Å². The number of amides is 1. The van der Waals surface area contributed by atoms with Crippen LogP contribution in [-0.2, 0) is 6.54 Å². The van der Waals surface area contributed by atoms with Gasteiger partial charge in [-0.25, -0.2) is 14.4 Å². The molecular formula is C20H21FN4O. The van der Waals surface area contributed by atoms with Gasteiger partial charge in [0.15, 0.2) is 5.65 Å². The highest BCUT2D eigenvalue weighted by atomic mass is 19.1. The van der Waals surface area contributed by atoms with Gasteiger partial charge >= 0.3 is 0 Å². The summed E-state index contributed by atoms with van der Waals surface area (Å²) in [4.78, 5) is 23.8. The third-order valence-corrected chi connectivity index (χ3v) is 4.89. The number of aryl methyl sites for hydroxylation is 1. The fourth-order valence-corrected chi connectivity index (χ4v) is 3.69. The van der Waals surface area contributed by atoms with Crippen molar-refractivity contribution in [1.82, 2.24) is 19.4 Å². The zero-order valence-electron chi connectivity index (χ0n) is 14.7. The Balaban J connectivity index is 1.60. The molecule has 5 nitrogen and oxygen atoms in total. The molecule has 1 amide bonds. The Kier molecular flexibility index (Phi) is 4.41. The molecule has 1 aliphatic rings. The van der Waals surface area contributed by atoms with Gasteiger partial charge in [0.1, 0.15) is 17.2 Å². The fourth-order valence-electron chi connectivity index (χ4n) is 3.69. The molecule has 1 fully saturated rings. The number of hydrogen-bond acceptors (Lipinski definition) is 3. The summed E-state index contributed by atoms with van der Waals surface area (Å²) in [6, 6.07) is 9.75. The molecule has 6 heteroatoms. The first kappa shape index (κ1) is 16.7. The topological polar surface area (TPSA) is 51.0 Å². The number of aromatic nitrogens is 3. The number of likely N-dealkylation sites (tertiary alicyclic amines) is 1. The molecule has 0 bridgehead atoms. The predicted octanol–water partition coefficient (Wildman–Crippen LogP) is 3.61. The molecule has 0 radical (unpaired) electrons. The van der Waals surface area contributed by atoms with E-state index in [4.69, 9.17) is 4.98 Å². The second kappa shape index (κ2) is 6.86. The van der Waals surface area contributed by atoms with Crippen LogP contribution < -0.4 is 0 Å². The van der Waals surface area contributed by atoms with Gasteiger partial charge in [0, 0.05) is 37.3 Å². The first-order valence-corrected chi connectivity index (χ1v) is 9.03. The zero-order valence-corrected chi connectivity index (χ0v) is 14.7. The van der Waals surface area contributed by atoms with E-state index in [-0.39, 0.29) is 17.6 Å². The lowest BCUT2D eigenvalue weighted by Crippen LogP contribution is -2.28. The van der Waals surface area contributed by atoms with Crippen molar-refractivity contribution >= 4 is 17.1 Å². The number of carbonyl (C=O) groups is 1. The Labute approximate surface area is 151 Å². The SMILES string of the molecule is CCCn1c([C@H]2CCN(C(=O)c3cccc(F)c3)C2)nc2cccnc21. The maximum atomic E-state index is 13.4. The van der Waals surface area contributed by atoms with Gasteiger partial charge in [-0.2, -0.15) is 0 Å². The van der Waals surface area contributed by atoms with E-state index in [1.807, 2.05) is 12.1 Å². The molecule has 0 saturated carbocycles. The van der Waals surface area contributed by atoms with E-state index >= 15 is 0 Å². The number of nitrogens with zero attached hydrogens (tertiary/aromatic N) is 4. The van der Waals surface area contributed by atoms with Gasteiger partial charge in [-0.15, -0.1) is 0 Å². The van der Waals surface area contributed by atoms with E-state index in [0.29, 0.717) is 18.7 Å². The monoisotopic (exact) mass is 352 g/mol. The summed E-state index contributed by atoms with van der Waals surface area (Å²) in [6.45, 7) is 4.25.